The van der Waals surface area contributed by atoms with Gasteiger partial charge in [0.2, 0.25) is 10.0 Å². The quantitative estimate of drug-likeness (QED) is 0.783. The molecule has 0 amide bonds. The maximum atomic E-state index is 12.4. The van der Waals surface area contributed by atoms with Crippen LogP contribution in [0.15, 0.2) is 32.3 Å². The molecule has 0 aliphatic carbocycles. The van der Waals surface area contributed by atoms with Gasteiger partial charge < -0.3 is 9.32 Å². The summed E-state index contributed by atoms with van der Waals surface area (Å²) in [7, 11) is -2.02. The number of hydrogen-bond acceptors (Lipinski definition) is 5. The molecule has 138 valence electrons. The molecule has 1 saturated heterocycles. The lowest BCUT2D eigenvalue weighted by molar-refractivity contribution is 0.182. The number of oxazole rings is 1. The number of nitrogens with zero attached hydrogens (tertiary/aromatic N) is 2. The third-order valence-electron chi connectivity index (χ3n) is 4.76. The smallest absolute Gasteiger partial charge is 0.408 e. The molecule has 1 aromatic heterocycles. The molecular formula is C17H25N3O4S. The molecule has 1 N–H and O–H groups in total. The number of rotatable bonds is 6. The normalized spacial score (nSPS) is 19.5. The summed E-state index contributed by atoms with van der Waals surface area (Å²) in [6, 6.07) is 4.47. The molecule has 3 rings (SSSR count). The van der Waals surface area contributed by atoms with Crippen molar-refractivity contribution in [1.82, 2.24) is 14.2 Å². The van der Waals surface area contributed by atoms with Crippen LogP contribution in [-0.2, 0) is 17.1 Å². The Morgan fingerprint density at radius 3 is 2.92 bits per heavy atom. The van der Waals surface area contributed by atoms with Crippen molar-refractivity contribution < 1.29 is 12.8 Å². The molecule has 1 fully saturated rings. The van der Waals surface area contributed by atoms with Gasteiger partial charge in [0.05, 0.1) is 10.4 Å². The van der Waals surface area contributed by atoms with E-state index in [9.17, 15) is 13.2 Å². The van der Waals surface area contributed by atoms with Gasteiger partial charge in [-0.3, -0.25) is 4.57 Å². The molecule has 1 atom stereocenters. The number of fused-ring (bicyclic) bond motifs is 1. The Hall–Kier alpha value is -1.64. The fourth-order valence-electron chi connectivity index (χ4n) is 3.36. The first-order valence-corrected chi connectivity index (χ1v) is 10.2. The van der Waals surface area contributed by atoms with E-state index in [2.05, 4.69) is 16.5 Å². The van der Waals surface area contributed by atoms with E-state index >= 15 is 0 Å². The Labute approximate surface area is 147 Å². The lowest BCUT2D eigenvalue weighted by atomic mass is 10.0. The Morgan fingerprint density at radius 2 is 2.16 bits per heavy atom. The van der Waals surface area contributed by atoms with E-state index in [1.807, 2.05) is 0 Å². The van der Waals surface area contributed by atoms with Gasteiger partial charge in [-0.2, -0.15) is 0 Å². The highest BCUT2D eigenvalue weighted by molar-refractivity contribution is 7.89. The summed E-state index contributed by atoms with van der Waals surface area (Å²) >= 11 is 0. The summed E-state index contributed by atoms with van der Waals surface area (Å²) in [6.45, 7) is 5.74. The average molecular weight is 367 g/mol. The zero-order valence-corrected chi connectivity index (χ0v) is 15.5. The number of hydrogen-bond donors (Lipinski definition) is 1. The van der Waals surface area contributed by atoms with E-state index in [0.29, 0.717) is 12.1 Å². The molecule has 1 aliphatic heterocycles. The van der Waals surface area contributed by atoms with Crippen LogP contribution in [0.2, 0.25) is 0 Å². The maximum absolute atomic E-state index is 12.4. The van der Waals surface area contributed by atoms with Crippen LogP contribution in [0.3, 0.4) is 0 Å². The first-order valence-electron chi connectivity index (χ1n) is 8.68. The van der Waals surface area contributed by atoms with Gasteiger partial charge in [-0.05, 0) is 50.4 Å². The van der Waals surface area contributed by atoms with Gasteiger partial charge >= 0.3 is 5.76 Å². The lowest BCUT2D eigenvalue weighted by Gasteiger charge is -2.30. The standard InChI is InChI=1S/C17H25N3O4S/c1-13-5-3-9-20(12-13)10-4-8-18-25(22,23)14-6-7-15-16(11-14)24-17(21)19(15)2/h6-7,11,13,18H,3-5,8-10,12H2,1-2H3. The predicted octanol–water partition coefficient (Wildman–Crippen LogP) is 1.53. The van der Waals surface area contributed by atoms with Crippen LogP contribution in [0.4, 0.5) is 0 Å². The van der Waals surface area contributed by atoms with Crippen LogP contribution in [0.1, 0.15) is 26.2 Å². The predicted molar refractivity (Wildman–Crippen MR) is 96.1 cm³/mol. The SMILES string of the molecule is CC1CCCN(CCCNS(=O)(=O)c2ccc3c(c2)oc(=O)n3C)C1. The molecule has 25 heavy (non-hydrogen) atoms. The summed E-state index contributed by atoms with van der Waals surface area (Å²) in [5.74, 6) is 0.214. The second-order valence-electron chi connectivity index (χ2n) is 6.86. The summed E-state index contributed by atoms with van der Waals surface area (Å²) in [5, 5.41) is 0. The molecule has 0 saturated carbocycles. The summed E-state index contributed by atoms with van der Waals surface area (Å²) in [5.41, 5.74) is 0.848. The van der Waals surface area contributed by atoms with Crippen LogP contribution in [0, 0.1) is 5.92 Å². The molecular weight excluding hydrogens is 342 g/mol. The second-order valence-corrected chi connectivity index (χ2v) is 8.62. The monoisotopic (exact) mass is 367 g/mol. The number of likely N-dealkylation sites (tertiary alicyclic amines) is 1. The minimum absolute atomic E-state index is 0.112. The van der Waals surface area contributed by atoms with Gasteiger partial charge in [0.1, 0.15) is 0 Å². The average Bonchev–Trinajstić information content (AvgIpc) is 2.86. The molecule has 7 nitrogen and oxygen atoms in total. The summed E-state index contributed by atoms with van der Waals surface area (Å²) in [4.78, 5) is 14.0. The fraction of sp³-hybridized carbons (Fsp3) is 0.588. The summed E-state index contributed by atoms with van der Waals surface area (Å²) < 4.78 is 33.9. The lowest BCUT2D eigenvalue weighted by Crippen LogP contribution is -2.36. The van der Waals surface area contributed by atoms with Crippen LogP contribution < -0.4 is 10.5 Å². The largest absolute Gasteiger partial charge is 0.419 e. The zero-order chi connectivity index (χ0) is 18.0. The number of benzene rings is 1. The van der Waals surface area contributed by atoms with Crippen LogP contribution >= 0.6 is 0 Å². The molecule has 2 aromatic rings. The molecule has 1 unspecified atom stereocenters. The first-order chi connectivity index (χ1) is 11.9. The molecule has 0 spiro atoms. The van der Waals surface area contributed by atoms with Crippen molar-refractivity contribution in [3.63, 3.8) is 0 Å². The van der Waals surface area contributed by atoms with E-state index in [0.717, 1.165) is 32.0 Å². The third-order valence-corrected chi connectivity index (χ3v) is 6.22. The number of piperidine rings is 1. The number of sulfonamides is 1. The molecule has 1 aromatic carbocycles. The van der Waals surface area contributed by atoms with Crippen LogP contribution in [0.5, 0.6) is 0 Å². The maximum Gasteiger partial charge on any atom is 0.419 e. The van der Waals surface area contributed by atoms with Crippen molar-refractivity contribution in [2.24, 2.45) is 13.0 Å². The third kappa shape index (κ3) is 4.13. The van der Waals surface area contributed by atoms with E-state index in [-0.39, 0.29) is 10.5 Å². The van der Waals surface area contributed by atoms with Gasteiger partial charge in [0.15, 0.2) is 5.58 Å². The zero-order valence-electron chi connectivity index (χ0n) is 14.7. The van der Waals surface area contributed by atoms with Gasteiger partial charge in [0, 0.05) is 26.2 Å². The van der Waals surface area contributed by atoms with Crippen LogP contribution in [0.25, 0.3) is 11.1 Å². The van der Waals surface area contributed by atoms with Crippen molar-refractivity contribution in [3.8, 4) is 0 Å². The van der Waals surface area contributed by atoms with Gasteiger partial charge in [-0.15, -0.1) is 0 Å². The Kier molecular flexibility index (Phi) is 5.31. The highest BCUT2D eigenvalue weighted by Gasteiger charge is 2.18. The Morgan fingerprint density at radius 1 is 1.36 bits per heavy atom. The highest BCUT2D eigenvalue weighted by Crippen LogP contribution is 2.18. The Balaban J connectivity index is 1.59. The van der Waals surface area contributed by atoms with Crippen molar-refractivity contribution in [2.45, 2.75) is 31.1 Å². The van der Waals surface area contributed by atoms with Gasteiger partial charge in [0.25, 0.3) is 0 Å². The van der Waals surface area contributed by atoms with E-state index < -0.39 is 15.8 Å². The second kappa shape index (κ2) is 7.31. The molecule has 0 bridgehead atoms. The molecule has 0 radical (unpaired) electrons. The minimum atomic E-state index is -3.61. The Bertz CT molecular complexity index is 900. The first kappa shape index (κ1) is 18.2. The number of nitrogens with one attached hydrogen (secondary N) is 1. The van der Waals surface area contributed by atoms with Crippen molar-refractivity contribution in [1.29, 1.82) is 0 Å². The number of aryl methyl sites for hydroxylation is 1. The molecule has 1 aliphatic rings. The topological polar surface area (TPSA) is 84.6 Å². The minimum Gasteiger partial charge on any atom is -0.408 e. The van der Waals surface area contributed by atoms with Crippen molar-refractivity contribution in [2.75, 3.05) is 26.2 Å². The van der Waals surface area contributed by atoms with Crippen LogP contribution in [-0.4, -0.2) is 44.1 Å². The van der Waals surface area contributed by atoms with E-state index in [1.54, 1.807) is 13.1 Å². The fourth-order valence-corrected chi connectivity index (χ4v) is 4.45. The molecule has 2 heterocycles. The van der Waals surface area contributed by atoms with Crippen molar-refractivity contribution in [3.05, 3.63) is 28.7 Å². The van der Waals surface area contributed by atoms with Gasteiger partial charge in [-0.1, -0.05) is 6.92 Å². The van der Waals surface area contributed by atoms with Crippen molar-refractivity contribution >= 4 is 21.1 Å². The van der Waals surface area contributed by atoms with Gasteiger partial charge in [-0.25, -0.2) is 17.9 Å². The number of aromatic nitrogens is 1. The highest BCUT2D eigenvalue weighted by atomic mass is 32.2. The van der Waals surface area contributed by atoms with E-state index in [4.69, 9.17) is 4.42 Å². The van der Waals surface area contributed by atoms with E-state index in [1.165, 1.54) is 29.5 Å². The molecule has 8 heteroatoms. The summed E-state index contributed by atoms with van der Waals surface area (Å²) in [6.07, 6.45) is 3.27.